The minimum atomic E-state index is 0.476. The molecule has 0 aromatic rings. The molecular weight excluding hydrogens is 288 g/mol. The average Bonchev–Trinajstić information content (AvgIpc) is 2.44. The van der Waals surface area contributed by atoms with Crippen molar-refractivity contribution in [2.45, 2.75) is 92.4 Å². The van der Waals surface area contributed by atoms with Crippen LogP contribution in [0.2, 0.25) is 0 Å². The summed E-state index contributed by atoms with van der Waals surface area (Å²) in [4.78, 5) is 0. The van der Waals surface area contributed by atoms with Crippen LogP contribution in [0.3, 0.4) is 0 Å². The second-order valence-corrected chi connectivity index (χ2v) is 10.7. The van der Waals surface area contributed by atoms with Gasteiger partial charge in [0.15, 0.2) is 0 Å². The summed E-state index contributed by atoms with van der Waals surface area (Å²) in [6.45, 7) is 21.3. The minimum absolute atomic E-state index is 0.476. The van der Waals surface area contributed by atoms with Gasteiger partial charge in [0.1, 0.15) is 0 Å². The smallest absolute Gasteiger partial charge is 0.0146 e. The highest BCUT2D eigenvalue weighted by molar-refractivity contribution is 5.19. The molecule has 5 atom stereocenters. The topological polar surface area (TPSA) is 0 Å². The molecule has 0 saturated heterocycles. The Morgan fingerprint density at radius 3 is 2.38 bits per heavy atom. The highest BCUT2D eigenvalue weighted by Crippen LogP contribution is 2.69. The van der Waals surface area contributed by atoms with Crippen molar-refractivity contribution in [2.75, 3.05) is 0 Å². The van der Waals surface area contributed by atoms with Crippen LogP contribution < -0.4 is 0 Å². The van der Waals surface area contributed by atoms with Gasteiger partial charge in [0.05, 0.1) is 0 Å². The highest BCUT2D eigenvalue weighted by Gasteiger charge is 2.60. The van der Waals surface area contributed by atoms with Gasteiger partial charge in [-0.05, 0) is 92.3 Å². The second-order valence-electron chi connectivity index (χ2n) is 10.7. The van der Waals surface area contributed by atoms with E-state index in [0.29, 0.717) is 16.2 Å². The zero-order chi connectivity index (χ0) is 17.8. The molecule has 0 N–H and O–H groups in total. The summed E-state index contributed by atoms with van der Waals surface area (Å²) in [7, 11) is 0. The van der Waals surface area contributed by atoms with Gasteiger partial charge in [-0.1, -0.05) is 51.8 Å². The predicted molar refractivity (Wildman–Crippen MR) is 106 cm³/mol. The molecule has 3 aliphatic carbocycles. The van der Waals surface area contributed by atoms with E-state index in [9.17, 15) is 0 Å². The van der Waals surface area contributed by atoms with Crippen molar-refractivity contribution < 1.29 is 0 Å². The second kappa shape index (κ2) is 6.03. The van der Waals surface area contributed by atoms with Gasteiger partial charge >= 0.3 is 0 Å². The zero-order valence-electron chi connectivity index (χ0n) is 17.0. The van der Waals surface area contributed by atoms with Gasteiger partial charge in [-0.25, -0.2) is 0 Å². The minimum Gasteiger partial charge on any atom is -0.100 e. The van der Waals surface area contributed by atoms with Crippen LogP contribution in [0.5, 0.6) is 0 Å². The third kappa shape index (κ3) is 2.73. The summed E-state index contributed by atoms with van der Waals surface area (Å²) < 4.78 is 0. The number of hydrogen-bond acceptors (Lipinski definition) is 0. The van der Waals surface area contributed by atoms with Gasteiger partial charge in [-0.3, -0.25) is 0 Å². The van der Waals surface area contributed by atoms with Gasteiger partial charge in [0.2, 0.25) is 0 Å². The monoisotopic (exact) mass is 328 g/mol. The lowest BCUT2D eigenvalue weighted by Crippen LogP contribution is -2.58. The zero-order valence-corrected chi connectivity index (χ0v) is 17.0. The molecule has 0 aromatic heterocycles. The van der Waals surface area contributed by atoms with Crippen LogP contribution >= 0.6 is 0 Å². The van der Waals surface area contributed by atoms with E-state index in [-0.39, 0.29) is 0 Å². The van der Waals surface area contributed by atoms with Crippen molar-refractivity contribution in [1.29, 1.82) is 0 Å². The predicted octanol–water partition coefficient (Wildman–Crippen LogP) is 7.56. The summed E-state index contributed by atoms with van der Waals surface area (Å²) in [6, 6.07) is 0. The summed E-state index contributed by atoms with van der Waals surface area (Å²) >= 11 is 0. The molecule has 3 fully saturated rings. The Bertz CT molecular complexity index is 524. The molecule has 136 valence electrons. The van der Waals surface area contributed by atoms with Crippen LogP contribution in [0.15, 0.2) is 24.3 Å². The first kappa shape index (κ1) is 18.3. The summed E-state index contributed by atoms with van der Waals surface area (Å²) in [5, 5.41) is 0. The number of fused-ring (bicyclic) bond motifs is 3. The van der Waals surface area contributed by atoms with Crippen molar-refractivity contribution in [2.24, 2.45) is 34.0 Å². The first-order valence-corrected chi connectivity index (χ1v) is 10.4. The molecule has 0 spiro atoms. The molecule has 0 amide bonds. The van der Waals surface area contributed by atoms with E-state index >= 15 is 0 Å². The van der Waals surface area contributed by atoms with E-state index in [1.807, 2.05) is 0 Å². The molecule has 0 aromatic carbocycles. The molecule has 0 heteroatoms. The number of hydrogen-bond donors (Lipinski definition) is 0. The van der Waals surface area contributed by atoms with E-state index in [2.05, 4.69) is 47.8 Å². The van der Waals surface area contributed by atoms with Crippen molar-refractivity contribution in [3.8, 4) is 0 Å². The van der Waals surface area contributed by atoms with Crippen molar-refractivity contribution in [1.82, 2.24) is 0 Å². The summed E-state index contributed by atoms with van der Waals surface area (Å²) in [5.74, 6) is 2.53. The molecular formula is C24H40. The fourth-order valence-corrected chi connectivity index (χ4v) is 7.66. The van der Waals surface area contributed by atoms with Gasteiger partial charge < -0.3 is 0 Å². The van der Waals surface area contributed by atoms with Crippen LogP contribution in [-0.4, -0.2) is 0 Å². The van der Waals surface area contributed by atoms with E-state index in [1.165, 1.54) is 63.4 Å². The largest absolute Gasteiger partial charge is 0.100 e. The van der Waals surface area contributed by atoms with E-state index in [4.69, 9.17) is 0 Å². The van der Waals surface area contributed by atoms with Crippen LogP contribution in [-0.2, 0) is 0 Å². The summed E-state index contributed by atoms with van der Waals surface area (Å²) in [5.41, 5.74) is 4.45. The molecule has 0 aliphatic heterocycles. The maximum absolute atomic E-state index is 4.54. The Balaban J connectivity index is 1.93. The first-order valence-electron chi connectivity index (χ1n) is 10.4. The summed E-state index contributed by atoms with van der Waals surface area (Å²) in [6.07, 6.45) is 12.3. The lowest BCUT2D eigenvalue weighted by molar-refractivity contribution is -0.153. The van der Waals surface area contributed by atoms with E-state index < -0.39 is 0 Å². The SMILES string of the molecule is C=C(C)CC[C@@H]1C(=C)CC[C@H]2[C@@]1(C)CCC1C(C)(C)CCC[C@@]12C. The molecule has 0 radical (unpaired) electrons. The molecule has 3 aliphatic rings. The third-order valence-electron chi connectivity index (χ3n) is 8.74. The average molecular weight is 329 g/mol. The van der Waals surface area contributed by atoms with Gasteiger partial charge in [-0.2, -0.15) is 0 Å². The van der Waals surface area contributed by atoms with Crippen molar-refractivity contribution >= 4 is 0 Å². The molecule has 3 rings (SSSR count). The van der Waals surface area contributed by atoms with Crippen LogP contribution in [0.1, 0.15) is 92.4 Å². The molecule has 3 saturated carbocycles. The Kier molecular flexibility index (Phi) is 4.59. The van der Waals surface area contributed by atoms with Crippen molar-refractivity contribution in [3.63, 3.8) is 0 Å². The van der Waals surface area contributed by atoms with E-state index in [0.717, 1.165) is 17.8 Å². The van der Waals surface area contributed by atoms with Gasteiger partial charge in [0.25, 0.3) is 0 Å². The Morgan fingerprint density at radius 2 is 1.71 bits per heavy atom. The van der Waals surface area contributed by atoms with E-state index in [1.54, 1.807) is 5.57 Å². The van der Waals surface area contributed by atoms with Crippen molar-refractivity contribution in [3.05, 3.63) is 24.3 Å². The fourth-order valence-electron chi connectivity index (χ4n) is 7.66. The quantitative estimate of drug-likeness (QED) is 0.469. The first-order chi connectivity index (χ1) is 11.1. The van der Waals surface area contributed by atoms with Gasteiger partial charge in [0, 0.05) is 0 Å². The standard InChI is InChI=1S/C24H40/c1-17(2)9-11-19-18(3)10-12-21-23(19,6)16-13-20-22(4,5)14-8-15-24(20,21)7/h19-21H,1,3,8-16H2,2,4-7H3/t19-,20?,21+,23+,24+/m1/s1. The maximum atomic E-state index is 4.54. The molecule has 24 heavy (non-hydrogen) atoms. The van der Waals surface area contributed by atoms with Crippen LogP contribution in [0, 0.1) is 34.0 Å². The highest BCUT2D eigenvalue weighted by atomic mass is 14.6. The Labute approximate surface area is 151 Å². The lowest BCUT2D eigenvalue weighted by atomic mass is 9.39. The molecule has 0 nitrogen and oxygen atoms in total. The lowest BCUT2D eigenvalue weighted by Gasteiger charge is -2.66. The molecule has 0 heterocycles. The number of allylic oxidation sites excluding steroid dienone is 2. The molecule has 0 bridgehead atoms. The fraction of sp³-hybridized carbons (Fsp3) is 0.833. The van der Waals surface area contributed by atoms with Crippen LogP contribution in [0.25, 0.3) is 0 Å². The van der Waals surface area contributed by atoms with Crippen LogP contribution in [0.4, 0.5) is 0 Å². The Morgan fingerprint density at radius 1 is 1.00 bits per heavy atom. The van der Waals surface area contributed by atoms with Gasteiger partial charge in [-0.15, -0.1) is 6.58 Å². The third-order valence-corrected chi connectivity index (χ3v) is 8.74. The normalized spacial score (nSPS) is 44.5. The molecule has 1 unspecified atom stereocenters. The maximum Gasteiger partial charge on any atom is -0.0146 e. The number of rotatable bonds is 3. The Hall–Kier alpha value is -0.520.